The molecule has 1 amide bonds. The van der Waals surface area contributed by atoms with E-state index < -0.39 is 0 Å². The fourth-order valence-corrected chi connectivity index (χ4v) is 1.64. The highest BCUT2D eigenvalue weighted by molar-refractivity contribution is 5.92. The van der Waals surface area contributed by atoms with E-state index in [9.17, 15) is 9.18 Å². The summed E-state index contributed by atoms with van der Waals surface area (Å²) in [5.74, 6) is -0.143. The number of hydrogen-bond acceptors (Lipinski definition) is 4. The molecular weight excluding hydrogens is 259 g/mol. The summed E-state index contributed by atoms with van der Waals surface area (Å²) in [5, 5.41) is 2.63. The van der Waals surface area contributed by atoms with Crippen molar-refractivity contribution in [3.8, 4) is 0 Å². The molecule has 0 spiro atoms. The van der Waals surface area contributed by atoms with Crippen molar-refractivity contribution in [1.29, 1.82) is 0 Å². The van der Waals surface area contributed by atoms with E-state index >= 15 is 0 Å². The second kappa shape index (κ2) is 6.10. The highest BCUT2D eigenvalue weighted by Gasteiger charge is 2.08. The number of benzene rings is 1. The summed E-state index contributed by atoms with van der Waals surface area (Å²) in [7, 11) is 3.65. The van der Waals surface area contributed by atoms with Crippen LogP contribution in [0.3, 0.4) is 0 Å². The lowest BCUT2D eigenvalue weighted by Crippen LogP contribution is -2.17. The van der Waals surface area contributed by atoms with Crippen molar-refractivity contribution in [3.05, 3.63) is 48.0 Å². The molecule has 0 atom stereocenters. The average molecular weight is 274 g/mol. The molecule has 20 heavy (non-hydrogen) atoms. The summed E-state index contributed by atoms with van der Waals surface area (Å²) >= 11 is 0. The minimum absolute atomic E-state index is 0.0257. The summed E-state index contributed by atoms with van der Waals surface area (Å²) in [6.07, 6.45) is 3.01. The first-order valence-electron chi connectivity index (χ1n) is 6.09. The molecule has 1 aromatic carbocycles. The Bertz CT molecular complexity index is 598. The molecule has 2 aromatic rings. The van der Waals surface area contributed by atoms with Gasteiger partial charge in [0.15, 0.2) is 0 Å². The monoisotopic (exact) mass is 274 g/mol. The van der Waals surface area contributed by atoms with Crippen LogP contribution in [0.2, 0.25) is 0 Å². The zero-order valence-electron chi connectivity index (χ0n) is 11.3. The SMILES string of the molecule is CN(C)c1ncc(NC(=O)Cc2ccccc2F)cn1. The summed E-state index contributed by atoms with van der Waals surface area (Å²) in [4.78, 5) is 21.7. The molecular formula is C14H15FN4O. The van der Waals surface area contributed by atoms with Gasteiger partial charge in [0.05, 0.1) is 24.5 Å². The van der Waals surface area contributed by atoms with Crippen molar-refractivity contribution in [3.63, 3.8) is 0 Å². The lowest BCUT2D eigenvalue weighted by molar-refractivity contribution is -0.115. The lowest BCUT2D eigenvalue weighted by Gasteiger charge is -2.10. The van der Waals surface area contributed by atoms with Gasteiger partial charge in [-0.1, -0.05) is 18.2 Å². The minimum atomic E-state index is -0.387. The van der Waals surface area contributed by atoms with Crippen LogP contribution < -0.4 is 10.2 Å². The summed E-state index contributed by atoms with van der Waals surface area (Å²) in [6.45, 7) is 0. The Morgan fingerprint density at radius 3 is 2.50 bits per heavy atom. The van der Waals surface area contributed by atoms with Crippen LogP contribution in [-0.4, -0.2) is 30.0 Å². The fraction of sp³-hybridized carbons (Fsp3) is 0.214. The first kappa shape index (κ1) is 13.9. The van der Waals surface area contributed by atoms with Crippen molar-refractivity contribution < 1.29 is 9.18 Å². The maximum Gasteiger partial charge on any atom is 0.228 e. The van der Waals surface area contributed by atoms with E-state index in [2.05, 4.69) is 15.3 Å². The van der Waals surface area contributed by atoms with E-state index in [4.69, 9.17) is 0 Å². The van der Waals surface area contributed by atoms with Crippen LogP contribution in [0.25, 0.3) is 0 Å². The van der Waals surface area contributed by atoms with E-state index in [1.54, 1.807) is 23.1 Å². The van der Waals surface area contributed by atoms with Crippen molar-refractivity contribution in [2.45, 2.75) is 6.42 Å². The highest BCUT2D eigenvalue weighted by Crippen LogP contribution is 2.10. The number of amides is 1. The molecule has 0 fully saturated rings. The van der Waals surface area contributed by atoms with Gasteiger partial charge in [-0.05, 0) is 11.6 Å². The molecule has 0 bridgehead atoms. The number of nitrogens with zero attached hydrogens (tertiary/aromatic N) is 3. The van der Waals surface area contributed by atoms with Crippen LogP contribution in [-0.2, 0) is 11.2 Å². The smallest absolute Gasteiger partial charge is 0.228 e. The van der Waals surface area contributed by atoms with E-state index in [1.807, 2.05) is 14.1 Å². The van der Waals surface area contributed by atoms with E-state index in [0.29, 0.717) is 17.2 Å². The third kappa shape index (κ3) is 3.50. The number of halogens is 1. The Morgan fingerprint density at radius 2 is 1.90 bits per heavy atom. The maximum atomic E-state index is 13.4. The van der Waals surface area contributed by atoms with Crippen molar-refractivity contribution in [2.75, 3.05) is 24.3 Å². The maximum absolute atomic E-state index is 13.4. The predicted octanol–water partition coefficient (Wildman–Crippen LogP) is 1.86. The number of anilines is 2. The first-order chi connectivity index (χ1) is 9.56. The van der Waals surface area contributed by atoms with Crippen LogP contribution in [0.4, 0.5) is 16.0 Å². The number of rotatable bonds is 4. The molecule has 0 aliphatic heterocycles. The predicted molar refractivity (Wildman–Crippen MR) is 75.1 cm³/mol. The number of hydrogen-bond donors (Lipinski definition) is 1. The standard InChI is InChI=1S/C14H15FN4O/c1-19(2)14-16-8-11(9-17-14)18-13(20)7-10-5-3-4-6-12(10)15/h3-6,8-9H,7H2,1-2H3,(H,18,20). The van der Waals surface area contributed by atoms with Gasteiger partial charge in [0, 0.05) is 14.1 Å². The molecule has 0 saturated carbocycles. The summed E-state index contributed by atoms with van der Waals surface area (Å²) < 4.78 is 13.4. The van der Waals surface area contributed by atoms with Crippen LogP contribution in [0.1, 0.15) is 5.56 Å². The van der Waals surface area contributed by atoms with Gasteiger partial charge in [-0.2, -0.15) is 0 Å². The van der Waals surface area contributed by atoms with E-state index in [0.717, 1.165) is 0 Å². The quantitative estimate of drug-likeness (QED) is 0.924. The van der Waals surface area contributed by atoms with Gasteiger partial charge >= 0.3 is 0 Å². The zero-order chi connectivity index (χ0) is 14.5. The van der Waals surface area contributed by atoms with Gasteiger partial charge < -0.3 is 10.2 Å². The normalized spacial score (nSPS) is 10.2. The van der Waals surface area contributed by atoms with Crippen molar-refractivity contribution in [1.82, 2.24) is 9.97 Å². The number of aromatic nitrogens is 2. The molecule has 1 aromatic heterocycles. The Kier molecular flexibility index (Phi) is 4.24. The average Bonchev–Trinajstić information content (AvgIpc) is 2.42. The lowest BCUT2D eigenvalue weighted by atomic mass is 10.1. The number of nitrogens with one attached hydrogen (secondary N) is 1. The summed E-state index contributed by atoms with van der Waals surface area (Å²) in [5.41, 5.74) is 0.841. The molecule has 1 heterocycles. The van der Waals surface area contributed by atoms with Crippen molar-refractivity contribution in [2.24, 2.45) is 0 Å². The second-order valence-electron chi connectivity index (χ2n) is 4.48. The molecule has 0 radical (unpaired) electrons. The largest absolute Gasteiger partial charge is 0.347 e. The molecule has 6 heteroatoms. The molecule has 0 aliphatic carbocycles. The zero-order valence-corrected chi connectivity index (χ0v) is 11.3. The Hall–Kier alpha value is -2.50. The molecule has 0 unspecified atom stereocenters. The third-order valence-electron chi connectivity index (χ3n) is 2.63. The van der Waals surface area contributed by atoms with Gasteiger partial charge in [0.1, 0.15) is 5.82 Å². The Morgan fingerprint density at radius 1 is 1.25 bits per heavy atom. The summed E-state index contributed by atoms with van der Waals surface area (Å²) in [6, 6.07) is 6.20. The first-order valence-corrected chi connectivity index (χ1v) is 6.09. The number of carbonyl (C=O) groups excluding carboxylic acids is 1. The molecule has 0 saturated heterocycles. The topological polar surface area (TPSA) is 58.1 Å². The van der Waals surface area contributed by atoms with E-state index in [-0.39, 0.29) is 18.1 Å². The van der Waals surface area contributed by atoms with Crippen LogP contribution >= 0.6 is 0 Å². The van der Waals surface area contributed by atoms with Gasteiger partial charge in [0.25, 0.3) is 0 Å². The number of carbonyl (C=O) groups is 1. The van der Waals surface area contributed by atoms with Crippen LogP contribution in [0, 0.1) is 5.82 Å². The fourth-order valence-electron chi connectivity index (χ4n) is 1.64. The molecule has 1 N–H and O–H groups in total. The highest BCUT2D eigenvalue weighted by atomic mass is 19.1. The van der Waals surface area contributed by atoms with Crippen LogP contribution in [0.5, 0.6) is 0 Å². The van der Waals surface area contributed by atoms with Crippen molar-refractivity contribution >= 4 is 17.5 Å². The Balaban J connectivity index is 1.99. The molecule has 2 rings (SSSR count). The van der Waals surface area contributed by atoms with Crippen LogP contribution in [0.15, 0.2) is 36.7 Å². The van der Waals surface area contributed by atoms with Gasteiger partial charge in [-0.25, -0.2) is 14.4 Å². The van der Waals surface area contributed by atoms with E-state index in [1.165, 1.54) is 18.5 Å². The Labute approximate surface area is 116 Å². The molecule has 5 nitrogen and oxygen atoms in total. The van der Waals surface area contributed by atoms with Gasteiger partial charge in [-0.15, -0.1) is 0 Å². The third-order valence-corrected chi connectivity index (χ3v) is 2.63. The van der Waals surface area contributed by atoms with Gasteiger partial charge in [-0.3, -0.25) is 4.79 Å². The minimum Gasteiger partial charge on any atom is -0.347 e. The van der Waals surface area contributed by atoms with Gasteiger partial charge in [0.2, 0.25) is 11.9 Å². The molecule has 104 valence electrons. The molecule has 0 aliphatic rings. The second-order valence-corrected chi connectivity index (χ2v) is 4.48.